The van der Waals surface area contributed by atoms with E-state index in [9.17, 15) is 9.59 Å². The van der Waals surface area contributed by atoms with E-state index in [1.54, 1.807) is 24.3 Å². The van der Waals surface area contributed by atoms with Crippen molar-refractivity contribution in [2.75, 3.05) is 23.5 Å². The summed E-state index contributed by atoms with van der Waals surface area (Å²) in [5.41, 5.74) is 0.922. The standard InChI is InChI=1S/C17H23N5O3S/c1-4-8-25-16(24)12-6-5-7-13(9-12)19-14(23)10-26-17-21-20-15(11(2)3)22(17)18/h5-7,9,11H,4,8,10,18H2,1-3H3,(H,19,23). The number of hydrogen-bond acceptors (Lipinski definition) is 7. The topological polar surface area (TPSA) is 112 Å². The lowest BCUT2D eigenvalue weighted by Crippen LogP contribution is -2.18. The number of hydrogen-bond donors (Lipinski definition) is 2. The van der Waals surface area contributed by atoms with Crippen LogP contribution in [0.2, 0.25) is 0 Å². The van der Waals surface area contributed by atoms with Crippen LogP contribution < -0.4 is 11.2 Å². The molecule has 0 spiro atoms. The molecule has 1 heterocycles. The molecule has 0 saturated heterocycles. The molecule has 1 aromatic heterocycles. The zero-order valence-corrected chi connectivity index (χ0v) is 15.9. The van der Waals surface area contributed by atoms with Gasteiger partial charge in [-0.25, -0.2) is 9.47 Å². The van der Waals surface area contributed by atoms with E-state index in [0.29, 0.717) is 28.8 Å². The van der Waals surface area contributed by atoms with Crippen LogP contribution in [0.1, 0.15) is 49.3 Å². The molecule has 2 rings (SSSR count). The van der Waals surface area contributed by atoms with Crippen LogP contribution in [0.5, 0.6) is 0 Å². The Labute approximate surface area is 156 Å². The highest BCUT2D eigenvalue weighted by atomic mass is 32.2. The number of nitrogen functional groups attached to an aromatic ring is 1. The van der Waals surface area contributed by atoms with Gasteiger partial charge >= 0.3 is 5.97 Å². The van der Waals surface area contributed by atoms with Crippen LogP contribution in [-0.2, 0) is 9.53 Å². The van der Waals surface area contributed by atoms with Gasteiger partial charge in [0.2, 0.25) is 11.1 Å². The maximum Gasteiger partial charge on any atom is 0.338 e. The van der Waals surface area contributed by atoms with Gasteiger partial charge in [0.15, 0.2) is 5.82 Å². The summed E-state index contributed by atoms with van der Waals surface area (Å²) >= 11 is 1.19. The molecule has 8 nitrogen and oxygen atoms in total. The fourth-order valence-electron chi connectivity index (χ4n) is 2.11. The summed E-state index contributed by atoms with van der Waals surface area (Å²) in [5, 5.41) is 11.2. The van der Waals surface area contributed by atoms with Crippen molar-refractivity contribution in [3.8, 4) is 0 Å². The fourth-order valence-corrected chi connectivity index (χ4v) is 2.77. The zero-order chi connectivity index (χ0) is 19.1. The molecule has 1 amide bonds. The Morgan fingerprint density at radius 3 is 2.77 bits per heavy atom. The number of thioether (sulfide) groups is 1. The molecular formula is C17H23N5O3S. The van der Waals surface area contributed by atoms with Gasteiger partial charge in [-0.15, -0.1) is 10.2 Å². The summed E-state index contributed by atoms with van der Waals surface area (Å²) in [7, 11) is 0. The smallest absolute Gasteiger partial charge is 0.338 e. The Hall–Kier alpha value is -2.55. The van der Waals surface area contributed by atoms with E-state index in [2.05, 4.69) is 15.5 Å². The van der Waals surface area contributed by atoms with E-state index >= 15 is 0 Å². The number of nitrogens with zero attached hydrogens (tertiary/aromatic N) is 3. The number of aromatic nitrogens is 3. The molecule has 0 radical (unpaired) electrons. The number of ether oxygens (including phenoxy) is 1. The Balaban J connectivity index is 1.93. The van der Waals surface area contributed by atoms with Gasteiger partial charge in [0.25, 0.3) is 0 Å². The van der Waals surface area contributed by atoms with Crippen molar-refractivity contribution in [2.24, 2.45) is 0 Å². The normalized spacial score (nSPS) is 10.8. The number of nitrogens with two attached hydrogens (primary N) is 1. The summed E-state index contributed by atoms with van der Waals surface area (Å²) < 4.78 is 6.49. The molecular weight excluding hydrogens is 354 g/mol. The van der Waals surface area contributed by atoms with Crippen LogP contribution in [0.4, 0.5) is 5.69 Å². The van der Waals surface area contributed by atoms with Crippen LogP contribution >= 0.6 is 11.8 Å². The van der Waals surface area contributed by atoms with Crippen molar-refractivity contribution in [2.45, 2.75) is 38.3 Å². The Morgan fingerprint density at radius 2 is 2.12 bits per heavy atom. The average Bonchev–Trinajstić information content (AvgIpc) is 2.99. The average molecular weight is 377 g/mol. The summed E-state index contributed by atoms with van der Waals surface area (Å²) in [6.07, 6.45) is 0.754. The molecule has 0 unspecified atom stereocenters. The van der Waals surface area contributed by atoms with Gasteiger partial charge in [0.1, 0.15) is 0 Å². The third-order valence-corrected chi connectivity index (χ3v) is 4.30. The molecule has 26 heavy (non-hydrogen) atoms. The molecule has 9 heteroatoms. The van der Waals surface area contributed by atoms with Gasteiger partial charge in [0, 0.05) is 11.6 Å². The van der Waals surface area contributed by atoms with Crippen LogP contribution in [0.3, 0.4) is 0 Å². The lowest BCUT2D eigenvalue weighted by molar-refractivity contribution is -0.113. The molecule has 0 aliphatic carbocycles. The van der Waals surface area contributed by atoms with Crippen LogP contribution in [0.25, 0.3) is 0 Å². The van der Waals surface area contributed by atoms with Crippen molar-refractivity contribution in [1.82, 2.24) is 14.9 Å². The molecule has 0 aliphatic heterocycles. The van der Waals surface area contributed by atoms with Crippen molar-refractivity contribution in [3.05, 3.63) is 35.7 Å². The predicted molar refractivity (Wildman–Crippen MR) is 101 cm³/mol. The van der Waals surface area contributed by atoms with E-state index in [1.165, 1.54) is 16.4 Å². The van der Waals surface area contributed by atoms with E-state index in [1.807, 2.05) is 20.8 Å². The minimum absolute atomic E-state index is 0.123. The monoisotopic (exact) mass is 377 g/mol. The number of rotatable bonds is 8. The molecule has 0 fully saturated rings. The highest BCUT2D eigenvalue weighted by molar-refractivity contribution is 7.99. The highest BCUT2D eigenvalue weighted by Gasteiger charge is 2.15. The minimum atomic E-state index is -0.408. The first-order valence-corrected chi connectivity index (χ1v) is 9.31. The number of amides is 1. The quantitative estimate of drug-likeness (QED) is 0.413. The molecule has 1 aromatic carbocycles. The van der Waals surface area contributed by atoms with E-state index in [0.717, 1.165) is 6.42 Å². The second-order valence-electron chi connectivity index (χ2n) is 5.92. The number of nitrogens with one attached hydrogen (secondary N) is 1. The first-order chi connectivity index (χ1) is 12.4. The number of carbonyl (C=O) groups is 2. The van der Waals surface area contributed by atoms with Crippen LogP contribution in [0.15, 0.2) is 29.4 Å². The number of benzene rings is 1. The summed E-state index contributed by atoms with van der Waals surface area (Å²) in [6.45, 7) is 6.22. The second-order valence-corrected chi connectivity index (χ2v) is 6.86. The van der Waals surface area contributed by atoms with Gasteiger partial charge in [-0.1, -0.05) is 38.6 Å². The maximum atomic E-state index is 12.1. The van der Waals surface area contributed by atoms with Gasteiger partial charge < -0.3 is 15.9 Å². The van der Waals surface area contributed by atoms with Gasteiger partial charge in [-0.2, -0.15) is 0 Å². The molecule has 0 atom stereocenters. The first kappa shape index (κ1) is 19.8. The molecule has 0 bridgehead atoms. The maximum absolute atomic E-state index is 12.1. The van der Waals surface area contributed by atoms with E-state index in [-0.39, 0.29) is 17.6 Å². The van der Waals surface area contributed by atoms with E-state index < -0.39 is 5.97 Å². The number of esters is 1. The van der Waals surface area contributed by atoms with Gasteiger partial charge in [0.05, 0.1) is 17.9 Å². The zero-order valence-electron chi connectivity index (χ0n) is 15.1. The van der Waals surface area contributed by atoms with E-state index in [4.69, 9.17) is 10.6 Å². The SMILES string of the molecule is CCCOC(=O)c1cccc(NC(=O)CSc2nnc(C(C)C)n2N)c1. The van der Waals surface area contributed by atoms with Crippen molar-refractivity contribution < 1.29 is 14.3 Å². The second kappa shape index (κ2) is 9.23. The van der Waals surface area contributed by atoms with Crippen LogP contribution in [-0.4, -0.2) is 39.1 Å². The fraction of sp³-hybridized carbons (Fsp3) is 0.412. The largest absolute Gasteiger partial charge is 0.462 e. The lowest BCUT2D eigenvalue weighted by atomic mass is 10.2. The van der Waals surface area contributed by atoms with Crippen molar-refractivity contribution in [3.63, 3.8) is 0 Å². The van der Waals surface area contributed by atoms with Gasteiger partial charge in [-0.3, -0.25) is 4.79 Å². The minimum Gasteiger partial charge on any atom is -0.462 e. The number of carbonyl (C=O) groups excluding carboxylic acids is 2. The molecule has 2 aromatic rings. The number of anilines is 1. The third kappa shape index (κ3) is 5.22. The Bertz CT molecular complexity index is 776. The summed E-state index contributed by atoms with van der Waals surface area (Å²) in [5.74, 6) is 6.21. The molecule has 0 saturated carbocycles. The molecule has 140 valence electrons. The van der Waals surface area contributed by atoms with Crippen molar-refractivity contribution in [1.29, 1.82) is 0 Å². The third-order valence-electron chi connectivity index (χ3n) is 3.36. The van der Waals surface area contributed by atoms with Crippen molar-refractivity contribution >= 4 is 29.3 Å². The summed E-state index contributed by atoms with van der Waals surface area (Å²) in [4.78, 5) is 24.0. The Morgan fingerprint density at radius 1 is 1.35 bits per heavy atom. The highest BCUT2D eigenvalue weighted by Crippen LogP contribution is 2.19. The lowest BCUT2D eigenvalue weighted by Gasteiger charge is -2.08. The Kier molecular flexibility index (Phi) is 7.02. The van der Waals surface area contributed by atoms with Crippen LogP contribution in [0, 0.1) is 0 Å². The first-order valence-electron chi connectivity index (χ1n) is 8.32. The molecule has 0 aliphatic rings. The summed E-state index contributed by atoms with van der Waals surface area (Å²) in [6, 6.07) is 6.63. The van der Waals surface area contributed by atoms with Gasteiger partial charge in [-0.05, 0) is 24.6 Å². The molecule has 3 N–H and O–H groups in total. The predicted octanol–water partition coefficient (Wildman–Crippen LogP) is 2.41.